The van der Waals surface area contributed by atoms with E-state index >= 15 is 0 Å². The molecule has 88 valence electrons. The third-order valence-electron chi connectivity index (χ3n) is 2.05. The lowest BCUT2D eigenvalue weighted by Gasteiger charge is -2.26. The van der Waals surface area contributed by atoms with E-state index in [0.717, 1.165) is 0 Å². The highest BCUT2D eigenvalue weighted by molar-refractivity contribution is 6.32. The Hall–Kier alpha value is -1.09. The van der Waals surface area contributed by atoms with E-state index in [4.69, 9.17) is 11.6 Å². The van der Waals surface area contributed by atoms with Gasteiger partial charge in [-0.1, -0.05) is 32.4 Å². The van der Waals surface area contributed by atoms with E-state index in [2.05, 4.69) is 25.8 Å². The fourth-order valence-corrected chi connectivity index (χ4v) is 1.73. The summed E-state index contributed by atoms with van der Waals surface area (Å²) in [5, 5.41) is 0.258. The van der Waals surface area contributed by atoms with Crippen LogP contribution in [0.5, 0.6) is 0 Å². The molecular weight excluding hydrogens is 224 g/mol. The van der Waals surface area contributed by atoms with Crippen LogP contribution >= 0.6 is 11.6 Å². The molecular formula is C12H17ClN2O. The molecule has 16 heavy (non-hydrogen) atoms. The Kier molecular flexibility index (Phi) is 3.92. The molecule has 0 N–H and O–H groups in total. The highest BCUT2D eigenvalue weighted by Gasteiger charge is 2.20. The molecule has 4 heteroatoms. The number of halogens is 1. The van der Waals surface area contributed by atoms with Gasteiger partial charge in [0.15, 0.2) is 0 Å². The van der Waals surface area contributed by atoms with E-state index in [1.807, 2.05) is 0 Å². The predicted octanol–water partition coefficient (Wildman–Crippen LogP) is 2.85. The number of amides is 1. The molecule has 0 radical (unpaired) electrons. The van der Waals surface area contributed by atoms with Gasteiger partial charge < -0.3 is 4.90 Å². The summed E-state index contributed by atoms with van der Waals surface area (Å²) in [4.78, 5) is 17.6. The lowest BCUT2D eigenvalue weighted by atomic mass is 9.96. The number of carbonyl (C=O) groups is 1. The number of nitrogens with zero attached hydrogens (tertiary/aromatic N) is 2. The molecule has 0 atom stereocenters. The van der Waals surface area contributed by atoms with Crippen LogP contribution in [0.15, 0.2) is 18.3 Å². The zero-order valence-corrected chi connectivity index (χ0v) is 10.9. The number of pyridine rings is 1. The number of hydrogen-bond acceptors (Lipinski definition) is 2. The van der Waals surface area contributed by atoms with Crippen molar-refractivity contribution in [2.24, 2.45) is 5.41 Å². The van der Waals surface area contributed by atoms with Gasteiger partial charge in [0.05, 0.1) is 5.56 Å². The minimum atomic E-state index is -0.0898. The monoisotopic (exact) mass is 240 g/mol. The summed E-state index contributed by atoms with van der Waals surface area (Å²) < 4.78 is 0. The Morgan fingerprint density at radius 1 is 1.50 bits per heavy atom. The maximum absolute atomic E-state index is 12.0. The molecule has 0 bridgehead atoms. The maximum Gasteiger partial charge on any atom is 0.256 e. The van der Waals surface area contributed by atoms with Crippen LogP contribution in [-0.2, 0) is 0 Å². The summed E-state index contributed by atoms with van der Waals surface area (Å²) >= 11 is 5.88. The molecule has 0 saturated carbocycles. The summed E-state index contributed by atoms with van der Waals surface area (Å²) in [5.74, 6) is -0.0898. The molecule has 1 rings (SSSR count). The van der Waals surface area contributed by atoms with E-state index in [9.17, 15) is 4.79 Å². The molecule has 0 saturated heterocycles. The first-order chi connectivity index (χ1) is 7.31. The average Bonchev–Trinajstić information content (AvgIpc) is 2.15. The van der Waals surface area contributed by atoms with E-state index in [-0.39, 0.29) is 16.5 Å². The van der Waals surface area contributed by atoms with Gasteiger partial charge in [0.25, 0.3) is 5.91 Å². The van der Waals surface area contributed by atoms with Gasteiger partial charge in [-0.15, -0.1) is 0 Å². The van der Waals surface area contributed by atoms with Crippen molar-refractivity contribution in [1.82, 2.24) is 9.88 Å². The van der Waals surface area contributed by atoms with E-state index in [1.165, 1.54) is 0 Å². The first-order valence-electron chi connectivity index (χ1n) is 5.17. The van der Waals surface area contributed by atoms with Crippen LogP contribution in [0.25, 0.3) is 0 Å². The SMILES string of the molecule is CN(CC(C)(C)C)C(=O)c1cccnc1Cl. The number of hydrogen-bond donors (Lipinski definition) is 0. The molecule has 0 aliphatic heterocycles. The fraction of sp³-hybridized carbons (Fsp3) is 0.500. The average molecular weight is 241 g/mol. The van der Waals surface area contributed by atoms with Crippen LogP contribution in [-0.4, -0.2) is 29.4 Å². The molecule has 1 aromatic heterocycles. The molecule has 1 heterocycles. The smallest absolute Gasteiger partial charge is 0.256 e. The topological polar surface area (TPSA) is 33.2 Å². The van der Waals surface area contributed by atoms with E-state index < -0.39 is 0 Å². The Morgan fingerprint density at radius 2 is 2.12 bits per heavy atom. The summed E-state index contributed by atoms with van der Waals surface area (Å²) in [6, 6.07) is 3.40. The maximum atomic E-state index is 12.0. The Balaban J connectivity index is 2.83. The van der Waals surface area contributed by atoms with Crippen LogP contribution in [0.4, 0.5) is 0 Å². The third-order valence-corrected chi connectivity index (χ3v) is 2.35. The van der Waals surface area contributed by atoms with Crippen molar-refractivity contribution in [3.05, 3.63) is 29.0 Å². The molecule has 0 aromatic carbocycles. The quantitative estimate of drug-likeness (QED) is 0.745. The van der Waals surface area contributed by atoms with Crippen LogP contribution < -0.4 is 0 Å². The molecule has 0 fully saturated rings. The Morgan fingerprint density at radius 3 is 2.62 bits per heavy atom. The van der Waals surface area contributed by atoms with E-state index in [0.29, 0.717) is 12.1 Å². The summed E-state index contributed by atoms with van der Waals surface area (Å²) in [7, 11) is 1.77. The van der Waals surface area contributed by atoms with Crippen molar-refractivity contribution in [3.8, 4) is 0 Å². The minimum absolute atomic E-state index is 0.0685. The molecule has 0 unspecified atom stereocenters. The standard InChI is InChI=1S/C12H17ClN2O/c1-12(2,3)8-15(4)11(16)9-6-5-7-14-10(9)13/h5-7H,8H2,1-4H3. The summed E-state index contributed by atoms with van der Waals surface area (Å²) in [5.41, 5.74) is 0.523. The lowest BCUT2D eigenvalue weighted by molar-refractivity contribution is 0.0745. The highest BCUT2D eigenvalue weighted by atomic mass is 35.5. The second-order valence-corrected chi connectivity index (χ2v) is 5.42. The van der Waals surface area contributed by atoms with Crippen LogP contribution in [0, 0.1) is 5.41 Å². The third kappa shape index (κ3) is 3.49. The predicted molar refractivity (Wildman–Crippen MR) is 65.7 cm³/mol. The van der Waals surface area contributed by atoms with Crippen LogP contribution in [0.3, 0.4) is 0 Å². The van der Waals surface area contributed by atoms with Gasteiger partial charge in [0.1, 0.15) is 5.15 Å². The van der Waals surface area contributed by atoms with Crippen molar-refractivity contribution in [2.75, 3.05) is 13.6 Å². The first-order valence-corrected chi connectivity index (χ1v) is 5.55. The van der Waals surface area contributed by atoms with Gasteiger partial charge in [-0.05, 0) is 17.5 Å². The highest BCUT2D eigenvalue weighted by Crippen LogP contribution is 2.18. The van der Waals surface area contributed by atoms with Crippen molar-refractivity contribution in [3.63, 3.8) is 0 Å². The second-order valence-electron chi connectivity index (χ2n) is 5.06. The van der Waals surface area contributed by atoms with Crippen molar-refractivity contribution in [1.29, 1.82) is 0 Å². The minimum Gasteiger partial charge on any atom is -0.341 e. The number of carbonyl (C=O) groups excluding carboxylic acids is 1. The van der Waals surface area contributed by atoms with Gasteiger partial charge in [-0.2, -0.15) is 0 Å². The number of aromatic nitrogens is 1. The molecule has 3 nitrogen and oxygen atoms in total. The van der Waals surface area contributed by atoms with Gasteiger partial charge >= 0.3 is 0 Å². The molecule has 0 aliphatic rings. The van der Waals surface area contributed by atoms with Gasteiger partial charge in [0, 0.05) is 19.8 Å². The molecule has 0 spiro atoms. The molecule has 0 aliphatic carbocycles. The van der Waals surface area contributed by atoms with Crippen molar-refractivity contribution in [2.45, 2.75) is 20.8 Å². The normalized spacial score (nSPS) is 11.3. The lowest BCUT2D eigenvalue weighted by Crippen LogP contribution is -2.34. The largest absolute Gasteiger partial charge is 0.341 e. The summed E-state index contributed by atoms with van der Waals surface area (Å²) in [6.07, 6.45) is 1.57. The Labute approximate surface area is 101 Å². The second kappa shape index (κ2) is 4.83. The zero-order valence-electron chi connectivity index (χ0n) is 10.1. The van der Waals surface area contributed by atoms with Crippen molar-refractivity contribution < 1.29 is 4.79 Å². The molecule has 1 aromatic rings. The van der Waals surface area contributed by atoms with Gasteiger partial charge in [-0.25, -0.2) is 4.98 Å². The zero-order chi connectivity index (χ0) is 12.3. The van der Waals surface area contributed by atoms with Crippen LogP contribution in [0.1, 0.15) is 31.1 Å². The van der Waals surface area contributed by atoms with Crippen LogP contribution in [0.2, 0.25) is 5.15 Å². The Bertz CT molecular complexity index is 385. The summed E-state index contributed by atoms with van der Waals surface area (Å²) in [6.45, 7) is 6.93. The van der Waals surface area contributed by atoms with Crippen molar-refractivity contribution >= 4 is 17.5 Å². The first kappa shape index (κ1) is 13.0. The number of rotatable bonds is 2. The van der Waals surface area contributed by atoms with Gasteiger partial charge in [0.2, 0.25) is 0 Å². The van der Waals surface area contributed by atoms with Gasteiger partial charge in [-0.3, -0.25) is 4.79 Å². The molecule has 1 amide bonds. The van der Waals surface area contributed by atoms with E-state index in [1.54, 1.807) is 30.3 Å². The fourth-order valence-electron chi connectivity index (χ4n) is 1.53.